The first-order valence-corrected chi connectivity index (χ1v) is 8.19. The van der Waals surface area contributed by atoms with Crippen LogP contribution in [-0.2, 0) is 6.42 Å². The maximum absolute atomic E-state index is 4.34. The molecule has 2 aromatic rings. The molecular formula is C14H18BrN3S. The van der Waals surface area contributed by atoms with E-state index in [9.17, 15) is 0 Å². The van der Waals surface area contributed by atoms with E-state index in [1.54, 1.807) is 11.3 Å². The van der Waals surface area contributed by atoms with Gasteiger partial charge in [0.05, 0.1) is 17.4 Å². The van der Waals surface area contributed by atoms with Crippen molar-refractivity contribution in [3.8, 4) is 0 Å². The highest BCUT2D eigenvalue weighted by Gasteiger charge is 2.20. The molecule has 0 aromatic carbocycles. The van der Waals surface area contributed by atoms with Gasteiger partial charge in [0.25, 0.3) is 0 Å². The van der Waals surface area contributed by atoms with E-state index in [2.05, 4.69) is 62.1 Å². The number of aryl methyl sites for hydroxylation is 2. The van der Waals surface area contributed by atoms with Crippen LogP contribution in [0.1, 0.15) is 42.4 Å². The Morgan fingerprint density at radius 1 is 1.26 bits per heavy atom. The molecule has 102 valence electrons. The van der Waals surface area contributed by atoms with Crippen LogP contribution in [0, 0.1) is 6.92 Å². The van der Waals surface area contributed by atoms with Crippen LogP contribution < -0.4 is 5.32 Å². The maximum atomic E-state index is 4.34. The topological polar surface area (TPSA) is 37.8 Å². The molecule has 0 aliphatic carbocycles. The molecule has 0 saturated heterocycles. The molecule has 2 rings (SSSR count). The SMILES string of the molecule is CCNC(c1cscc1Br)c1cc(C)nnc1CC. The summed E-state index contributed by atoms with van der Waals surface area (Å²) in [6, 6.07) is 2.32. The van der Waals surface area contributed by atoms with Gasteiger partial charge in [-0.2, -0.15) is 21.5 Å². The Kier molecular flexibility index (Phi) is 5.07. The summed E-state index contributed by atoms with van der Waals surface area (Å²) < 4.78 is 1.15. The van der Waals surface area contributed by atoms with E-state index in [0.29, 0.717) is 0 Å². The molecule has 1 atom stereocenters. The van der Waals surface area contributed by atoms with Gasteiger partial charge in [0.15, 0.2) is 0 Å². The Balaban J connectivity index is 2.50. The number of nitrogens with one attached hydrogen (secondary N) is 1. The van der Waals surface area contributed by atoms with E-state index in [0.717, 1.165) is 28.8 Å². The van der Waals surface area contributed by atoms with Gasteiger partial charge in [-0.3, -0.25) is 0 Å². The highest BCUT2D eigenvalue weighted by molar-refractivity contribution is 9.10. The van der Waals surface area contributed by atoms with Crippen LogP contribution in [0.15, 0.2) is 21.3 Å². The zero-order valence-corrected chi connectivity index (χ0v) is 13.8. The van der Waals surface area contributed by atoms with E-state index in [1.807, 2.05) is 6.92 Å². The van der Waals surface area contributed by atoms with Crippen molar-refractivity contribution in [1.82, 2.24) is 15.5 Å². The molecule has 1 unspecified atom stereocenters. The number of hydrogen-bond acceptors (Lipinski definition) is 4. The van der Waals surface area contributed by atoms with Gasteiger partial charge in [0, 0.05) is 9.85 Å². The van der Waals surface area contributed by atoms with Crippen molar-refractivity contribution in [3.63, 3.8) is 0 Å². The molecule has 2 heterocycles. The second-order valence-electron chi connectivity index (χ2n) is 4.41. The van der Waals surface area contributed by atoms with E-state index in [1.165, 1.54) is 11.1 Å². The number of rotatable bonds is 5. The Labute approximate surface area is 126 Å². The third-order valence-electron chi connectivity index (χ3n) is 3.03. The largest absolute Gasteiger partial charge is 0.306 e. The third-order valence-corrected chi connectivity index (χ3v) is 4.79. The van der Waals surface area contributed by atoms with Gasteiger partial charge in [0.1, 0.15) is 0 Å². The van der Waals surface area contributed by atoms with Crippen LogP contribution in [0.2, 0.25) is 0 Å². The minimum atomic E-state index is 0.176. The first-order valence-electron chi connectivity index (χ1n) is 6.45. The van der Waals surface area contributed by atoms with E-state index >= 15 is 0 Å². The molecule has 0 radical (unpaired) electrons. The molecule has 0 spiro atoms. The summed E-state index contributed by atoms with van der Waals surface area (Å²) in [5.74, 6) is 0. The van der Waals surface area contributed by atoms with Crippen LogP contribution in [0.4, 0.5) is 0 Å². The number of thiophene rings is 1. The number of halogens is 1. The Morgan fingerprint density at radius 3 is 2.63 bits per heavy atom. The van der Waals surface area contributed by atoms with Gasteiger partial charge in [-0.15, -0.1) is 0 Å². The Morgan fingerprint density at radius 2 is 2.05 bits per heavy atom. The fourth-order valence-corrected chi connectivity index (χ4v) is 3.70. The lowest BCUT2D eigenvalue weighted by atomic mass is 9.98. The summed E-state index contributed by atoms with van der Waals surface area (Å²) in [5.41, 5.74) is 4.53. The molecule has 0 fully saturated rings. The van der Waals surface area contributed by atoms with Crippen LogP contribution in [-0.4, -0.2) is 16.7 Å². The molecule has 1 N–H and O–H groups in total. The predicted molar refractivity (Wildman–Crippen MR) is 83.7 cm³/mol. The average Bonchev–Trinajstić information content (AvgIpc) is 2.82. The lowest BCUT2D eigenvalue weighted by molar-refractivity contribution is 0.616. The lowest BCUT2D eigenvalue weighted by Crippen LogP contribution is -2.24. The Bertz CT molecular complexity index is 553. The van der Waals surface area contributed by atoms with E-state index in [-0.39, 0.29) is 6.04 Å². The highest BCUT2D eigenvalue weighted by Crippen LogP contribution is 2.32. The minimum Gasteiger partial charge on any atom is -0.306 e. The van der Waals surface area contributed by atoms with Crippen LogP contribution in [0.5, 0.6) is 0 Å². The van der Waals surface area contributed by atoms with E-state index < -0.39 is 0 Å². The maximum Gasteiger partial charge on any atom is 0.0679 e. The minimum absolute atomic E-state index is 0.176. The summed E-state index contributed by atoms with van der Waals surface area (Å²) >= 11 is 5.34. The second kappa shape index (κ2) is 6.59. The molecule has 0 saturated carbocycles. The van der Waals surface area contributed by atoms with Gasteiger partial charge in [-0.05, 0) is 58.4 Å². The number of hydrogen-bond donors (Lipinski definition) is 1. The molecule has 0 amide bonds. The smallest absolute Gasteiger partial charge is 0.0679 e. The fraction of sp³-hybridized carbons (Fsp3) is 0.429. The third kappa shape index (κ3) is 3.22. The quantitative estimate of drug-likeness (QED) is 0.898. The summed E-state index contributed by atoms with van der Waals surface area (Å²) in [6.07, 6.45) is 0.895. The first kappa shape index (κ1) is 14.6. The molecule has 0 bridgehead atoms. The van der Waals surface area contributed by atoms with Gasteiger partial charge >= 0.3 is 0 Å². The highest BCUT2D eigenvalue weighted by atomic mass is 79.9. The molecular weight excluding hydrogens is 322 g/mol. The predicted octanol–water partition coefficient (Wildman–Crippen LogP) is 3.87. The second-order valence-corrected chi connectivity index (χ2v) is 6.00. The van der Waals surface area contributed by atoms with E-state index in [4.69, 9.17) is 0 Å². The van der Waals surface area contributed by atoms with Crippen LogP contribution in [0.3, 0.4) is 0 Å². The fourth-order valence-electron chi connectivity index (χ4n) is 2.15. The summed E-state index contributed by atoms with van der Waals surface area (Å²) in [7, 11) is 0. The van der Waals surface area contributed by atoms with Gasteiger partial charge in [-0.25, -0.2) is 0 Å². The standard InChI is InChI=1S/C14H18BrN3S/c1-4-13-10(6-9(3)17-18-13)14(16-5-2)11-7-19-8-12(11)15/h6-8,14,16H,4-5H2,1-3H3. The normalized spacial score (nSPS) is 12.6. The molecule has 3 nitrogen and oxygen atoms in total. The first-order chi connectivity index (χ1) is 9.17. The van der Waals surface area contributed by atoms with Crippen molar-refractivity contribution in [1.29, 1.82) is 0 Å². The van der Waals surface area contributed by atoms with Crippen molar-refractivity contribution in [2.24, 2.45) is 0 Å². The average molecular weight is 340 g/mol. The van der Waals surface area contributed by atoms with Crippen LogP contribution in [0.25, 0.3) is 0 Å². The zero-order chi connectivity index (χ0) is 13.8. The summed E-state index contributed by atoms with van der Waals surface area (Å²) in [4.78, 5) is 0. The zero-order valence-electron chi connectivity index (χ0n) is 11.4. The van der Waals surface area contributed by atoms with Crippen molar-refractivity contribution < 1.29 is 0 Å². The van der Waals surface area contributed by atoms with Gasteiger partial charge in [-0.1, -0.05) is 13.8 Å². The number of nitrogens with zero attached hydrogens (tertiary/aromatic N) is 2. The molecule has 0 aliphatic rings. The molecule has 0 aliphatic heterocycles. The van der Waals surface area contributed by atoms with Crippen LogP contribution >= 0.6 is 27.3 Å². The van der Waals surface area contributed by atoms with Crippen molar-refractivity contribution in [3.05, 3.63) is 43.8 Å². The van der Waals surface area contributed by atoms with Gasteiger partial charge < -0.3 is 5.32 Å². The summed E-state index contributed by atoms with van der Waals surface area (Å²) in [5, 5.41) is 16.4. The molecule has 19 heavy (non-hydrogen) atoms. The van der Waals surface area contributed by atoms with Gasteiger partial charge in [0.2, 0.25) is 0 Å². The Hall–Kier alpha value is -0.780. The molecule has 2 aromatic heterocycles. The van der Waals surface area contributed by atoms with Crippen molar-refractivity contribution in [2.45, 2.75) is 33.2 Å². The molecule has 5 heteroatoms. The summed E-state index contributed by atoms with van der Waals surface area (Å²) in [6.45, 7) is 7.15. The monoisotopic (exact) mass is 339 g/mol. The van der Waals surface area contributed by atoms with Crippen molar-refractivity contribution in [2.75, 3.05) is 6.54 Å². The van der Waals surface area contributed by atoms with Crippen molar-refractivity contribution >= 4 is 27.3 Å². The lowest BCUT2D eigenvalue weighted by Gasteiger charge is -2.20. The number of aromatic nitrogens is 2.